The van der Waals surface area contributed by atoms with Crippen LogP contribution in [0.15, 0.2) is 23.1 Å². The molecule has 27 heavy (non-hydrogen) atoms. The second kappa shape index (κ2) is 8.82. The lowest BCUT2D eigenvalue weighted by atomic mass is 9.92. The molecule has 0 saturated carbocycles. The quantitative estimate of drug-likeness (QED) is 0.763. The van der Waals surface area contributed by atoms with Gasteiger partial charge in [0.05, 0.1) is 18.1 Å². The minimum atomic E-state index is -3.46. The van der Waals surface area contributed by atoms with Crippen LogP contribution in [0.3, 0.4) is 0 Å². The first-order valence-corrected chi connectivity index (χ1v) is 12.8. The van der Waals surface area contributed by atoms with Crippen molar-refractivity contribution in [2.24, 2.45) is 0 Å². The average Bonchev–Trinajstić information content (AvgIpc) is 2.94. The lowest BCUT2D eigenvalue weighted by molar-refractivity contribution is 0.0309. The Hall–Kier alpha value is -0.600. The first kappa shape index (κ1) is 19.7. The first-order chi connectivity index (χ1) is 13.1. The van der Waals surface area contributed by atoms with Crippen molar-refractivity contribution in [2.75, 3.05) is 50.9 Å². The third kappa shape index (κ3) is 4.53. The summed E-state index contributed by atoms with van der Waals surface area (Å²) in [5.41, 5.74) is 2.56. The molecule has 150 valence electrons. The highest BCUT2D eigenvalue weighted by Crippen LogP contribution is 2.29. The van der Waals surface area contributed by atoms with E-state index >= 15 is 0 Å². The van der Waals surface area contributed by atoms with Crippen LogP contribution in [0, 0.1) is 0 Å². The van der Waals surface area contributed by atoms with Gasteiger partial charge in [-0.25, -0.2) is 8.42 Å². The zero-order valence-corrected chi connectivity index (χ0v) is 17.6. The number of hydrogen-bond acceptors (Lipinski definition) is 5. The fourth-order valence-electron chi connectivity index (χ4n) is 4.36. The van der Waals surface area contributed by atoms with E-state index < -0.39 is 10.0 Å². The van der Waals surface area contributed by atoms with Crippen LogP contribution in [0.25, 0.3) is 0 Å². The highest BCUT2D eigenvalue weighted by Gasteiger charge is 2.34. The normalized spacial score (nSPS) is 25.7. The second-order valence-corrected chi connectivity index (χ2v) is 10.8. The van der Waals surface area contributed by atoms with E-state index in [0.29, 0.717) is 11.4 Å². The molecule has 1 aromatic rings. The van der Waals surface area contributed by atoms with Crippen LogP contribution in [0.4, 0.5) is 0 Å². The van der Waals surface area contributed by atoms with E-state index in [9.17, 15) is 8.42 Å². The Morgan fingerprint density at radius 1 is 1.04 bits per heavy atom. The third-order valence-electron chi connectivity index (χ3n) is 5.88. The maximum Gasteiger partial charge on any atom is 0.243 e. The number of fused-ring (bicyclic) bond motifs is 1. The van der Waals surface area contributed by atoms with Crippen molar-refractivity contribution < 1.29 is 13.2 Å². The van der Waals surface area contributed by atoms with Crippen LogP contribution < -0.4 is 0 Å². The van der Waals surface area contributed by atoms with Crippen molar-refractivity contribution in [1.82, 2.24) is 9.21 Å². The van der Waals surface area contributed by atoms with Crippen LogP contribution in [0.2, 0.25) is 0 Å². The first-order valence-electron chi connectivity index (χ1n) is 10.2. The molecule has 0 unspecified atom stereocenters. The molecule has 7 heteroatoms. The zero-order chi connectivity index (χ0) is 18.7. The van der Waals surface area contributed by atoms with E-state index in [1.165, 1.54) is 17.5 Å². The Labute approximate surface area is 167 Å². The number of nitrogens with zero attached hydrogens (tertiary/aromatic N) is 2. The number of thioether (sulfide) groups is 1. The Morgan fingerprint density at radius 3 is 2.63 bits per heavy atom. The van der Waals surface area contributed by atoms with Crippen LogP contribution in [0.5, 0.6) is 0 Å². The van der Waals surface area contributed by atoms with Gasteiger partial charge in [0.2, 0.25) is 10.0 Å². The van der Waals surface area contributed by atoms with Gasteiger partial charge in [0.15, 0.2) is 0 Å². The predicted octanol–water partition coefficient (Wildman–Crippen LogP) is 2.39. The molecule has 1 aliphatic carbocycles. The van der Waals surface area contributed by atoms with Crippen molar-refractivity contribution in [3.63, 3.8) is 0 Å². The lowest BCUT2D eigenvalue weighted by Crippen LogP contribution is -2.50. The van der Waals surface area contributed by atoms with E-state index in [1.54, 1.807) is 4.31 Å². The highest BCUT2D eigenvalue weighted by atomic mass is 32.2. The number of benzene rings is 1. The van der Waals surface area contributed by atoms with Gasteiger partial charge in [-0.3, -0.25) is 4.90 Å². The molecule has 0 amide bonds. The number of morpholine rings is 1. The maximum absolute atomic E-state index is 13.6. The van der Waals surface area contributed by atoms with Crippen molar-refractivity contribution in [3.8, 4) is 0 Å². The minimum Gasteiger partial charge on any atom is -0.379 e. The third-order valence-corrected chi connectivity index (χ3v) is 9.03. The number of hydrogen-bond donors (Lipinski definition) is 0. The Morgan fingerprint density at radius 2 is 1.81 bits per heavy atom. The fraction of sp³-hybridized carbons (Fsp3) is 0.700. The Bertz CT molecular complexity index is 748. The van der Waals surface area contributed by atoms with Gasteiger partial charge in [-0.1, -0.05) is 6.07 Å². The van der Waals surface area contributed by atoms with E-state index in [1.807, 2.05) is 30.0 Å². The molecule has 0 spiro atoms. The monoisotopic (exact) mass is 410 g/mol. The molecule has 0 radical (unpaired) electrons. The van der Waals surface area contributed by atoms with Crippen molar-refractivity contribution >= 4 is 21.8 Å². The molecule has 2 saturated heterocycles. The molecule has 1 aromatic carbocycles. The van der Waals surface area contributed by atoms with Crippen LogP contribution in [-0.4, -0.2) is 74.6 Å². The summed E-state index contributed by atoms with van der Waals surface area (Å²) >= 11 is 1.89. The van der Waals surface area contributed by atoms with E-state index in [4.69, 9.17) is 4.74 Å². The summed E-state index contributed by atoms with van der Waals surface area (Å²) in [7, 11) is -3.46. The molecule has 1 atom stereocenters. The average molecular weight is 411 g/mol. The second-order valence-electron chi connectivity index (χ2n) is 7.75. The van der Waals surface area contributed by atoms with Gasteiger partial charge >= 0.3 is 0 Å². The maximum atomic E-state index is 13.6. The van der Waals surface area contributed by atoms with Crippen molar-refractivity contribution in [1.29, 1.82) is 0 Å². The van der Waals surface area contributed by atoms with Crippen LogP contribution >= 0.6 is 11.8 Å². The molecular weight excluding hydrogens is 380 g/mol. The summed E-state index contributed by atoms with van der Waals surface area (Å²) in [4.78, 5) is 2.84. The number of ether oxygens (including phenoxy) is 1. The van der Waals surface area contributed by atoms with Gasteiger partial charge in [-0.15, -0.1) is 0 Å². The number of aryl methyl sites for hydroxylation is 2. The fourth-order valence-corrected chi connectivity index (χ4v) is 7.21. The molecular formula is C20H30N2O3S2. The molecule has 2 aliphatic heterocycles. The molecule has 0 bridgehead atoms. The predicted molar refractivity (Wildman–Crippen MR) is 110 cm³/mol. The molecule has 2 fully saturated rings. The van der Waals surface area contributed by atoms with Gasteiger partial charge in [0.1, 0.15) is 0 Å². The van der Waals surface area contributed by atoms with E-state index in [2.05, 4.69) is 4.90 Å². The van der Waals surface area contributed by atoms with Gasteiger partial charge < -0.3 is 4.74 Å². The SMILES string of the molecule is O=S(=O)(c1ccc2c(c1)CCCC2)N1CCCSC[C@H]1CN1CCOCC1. The van der Waals surface area contributed by atoms with Gasteiger partial charge in [0.25, 0.3) is 0 Å². The summed E-state index contributed by atoms with van der Waals surface area (Å²) in [5.74, 6) is 1.91. The Kier molecular flexibility index (Phi) is 6.44. The summed E-state index contributed by atoms with van der Waals surface area (Å²) in [6.07, 6.45) is 5.39. The molecule has 4 rings (SSSR count). The van der Waals surface area contributed by atoms with Gasteiger partial charge in [0, 0.05) is 38.0 Å². The Balaban J connectivity index is 1.58. The molecule has 3 aliphatic rings. The molecule has 2 heterocycles. The number of rotatable bonds is 4. The lowest BCUT2D eigenvalue weighted by Gasteiger charge is -2.35. The molecule has 0 aromatic heterocycles. The van der Waals surface area contributed by atoms with E-state index in [-0.39, 0.29) is 6.04 Å². The van der Waals surface area contributed by atoms with Crippen molar-refractivity contribution in [3.05, 3.63) is 29.3 Å². The smallest absolute Gasteiger partial charge is 0.243 e. The summed E-state index contributed by atoms with van der Waals surface area (Å²) in [5, 5.41) is 0. The zero-order valence-electron chi connectivity index (χ0n) is 15.9. The summed E-state index contributed by atoms with van der Waals surface area (Å²) in [6, 6.07) is 5.87. The molecule has 5 nitrogen and oxygen atoms in total. The van der Waals surface area contributed by atoms with Crippen molar-refractivity contribution in [2.45, 2.75) is 43.0 Å². The standard InChI is InChI=1S/C20H30N2O3S2/c23-27(24,20-7-6-17-4-1-2-5-18(17)14-20)22-8-3-13-26-16-19(22)15-21-9-11-25-12-10-21/h6-7,14,19H,1-5,8-13,15-16H2/t19-/m1/s1. The van der Waals surface area contributed by atoms with Gasteiger partial charge in [-0.05, 0) is 61.1 Å². The minimum absolute atomic E-state index is 0.0385. The topological polar surface area (TPSA) is 49.9 Å². The number of sulfonamides is 1. The highest BCUT2D eigenvalue weighted by molar-refractivity contribution is 7.99. The largest absolute Gasteiger partial charge is 0.379 e. The summed E-state index contributed by atoms with van der Waals surface area (Å²) in [6.45, 7) is 4.72. The van der Waals surface area contributed by atoms with Crippen LogP contribution in [0.1, 0.15) is 30.4 Å². The van der Waals surface area contributed by atoms with Gasteiger partial charge in [-0.2, -0.15) is 16.1 Å². The molecule has 0 N–H and O–H groups in total. The van der Waals surface area contributed by atoms with E-state index in [0.717, 1.165) is 70.0 Å². The van der Waals surface area contributed by atoms with Crippen LogP contribution in [-0.2, 0) is 27.6 Å². The summed E-state index contributed by atoms with van der Waals surface area (Å²) < 4.78 is 34.4.